The number of hydrogen-bond donors (Lipinski definition) is 2. The van der Waals surface area contributed by atoms with Gasteiger partial charge in [-0.3, -0.25) is 9.52 Å². The molecule has 2 N–H and O–H groups in total. The number of anilines is 1. The summed E-state index contributed by atoms with van der Waals surface area (Å²) >= 11 is 3.05. The van der Waals surface area contributed by atoms with Crippen LogP contribution in [0.4, 0.5) is 5.69 Å². The van der Waals surface area contributed by atoms with E-state index in [2.05, 4.69) is 25.4 Å². The molecule has 1 rings (SSSR count). The number of halogens is 1. The minimum absolute atomic E-state index is 0.0711. The first-order valence-corrected chi connectivity index (χ1v) is 7.80. The largest absolute Gasteiger partial charge is 0.478 e. The minimum atomic E-state index is -3.75. The first kappa shape index (κ1) is 16.4. The van der Waals surface area contributed by atoms with Crippen molar-refractivity contribution in [1.29, 1.82) is 0 Å². The van der Waals surface area contributed by atoms with E-state index >= 15 is 0 Å². The number of carboxylic acids is 1. The van der Waals surface area contributed by atoms with Gasteiger partial charge in [-0.2, -0.15) is 0 Å². The number of carbonyl (C=O) groups excluding carboxylic acids is 1. The summed E-state index contributed by atoms with van der Waals surface area (Å²) in [6.07, 6.45) is -0.284. The Morgan fingerprint density at radius 2 is 2.05 bits per heavy atom. The zero-order chi connectivity index (χ0) is 15.3. The predicted molar refractivity (Wildman–Crippen MR) is 75.1 cm³/mol. The van der Waals surface area contributed by atoms with E-state index in [1.807, 2.05) is 0 Å². The lowest BCUT2D eigenvalue weighted by Crippen LogP contribution is -2.19. The van der Waals surface area contributed by atoms with Crippen LogP contribution in [0, 0.1) is 0 Å². The van der Waals surface area contributed by atoms with E-state index in [0.29, 0.717) is 4.47 Å². The van der Waals surface area contributed by atoms with Gasteiger partial charge < -0.3 is 9.84 Å². The molecule has 0 saturated carbocycles. The molecule has 0 amide bonds. The maximum atomic E-state index is 11.7. The van der Waals surface area contributed by atoms with Crippen molar-refractivity contribution in [2.75, 3.05) is 17.6 Å². The molecule has 0 bridgehead atoms. The van der Waals surface area contributed by atoms with Crippen LogP contribution in [0.2, 0.25) is 0 Å². The molecule has 0 atom stereocenters. The van der Waals surface area contributed by atoms with E-state index in [0.717, 1.165) is 7.11 Å². The van der Waals surface area contributed by atoms with Crippen molar-refractivity contribution in [3.8, 4) is 0 Å². The number of esters is 1. The highest BCUT2D eigenvalue weighted by Gasteiger charge is 2.15. The van der Waals surface area contributed by atoms with Gasteiger partial charge in [-0.15, -0.1) is 0 Å². The van der Waals surface area contributed by atoms with Gasteiger partial charge in [0, 0.05) is 10.2 Å². The van der Waals surface area contributed by atoms with Crippen LogP contribution in [-0.2, 0) is 19.6 Å². The highest BCUT2D eigenvalue weighted by atomic mass is 79.9. The number of methoxy groups -OCH3 is 1. The van der Waals surface area contributed by atoms with Crippen molar-refractivity contribution < 1.29 is 27.9 Å². The number of aromatic carboxylic acids is 1. The summed E-state index contributed by atoms with van der Waals surface area (Å²) in [5.41, 5.74) is 0.0358. The summed E-state index contributed by atoms with van der Waals surface area (Å²) < 4.78 is 30.3. The Hall–Kier alpha value is -1.61. The Kier molecular flexibility index (Phi) is 5.52. The molecule has 0 saturated heterocycles. The molecule has 0 aromatic heterocycles. The van der Waals surface area contributed by atoms with Crippen molar-refractivity contribution in [2.24, 2.45) is 0 Å². The second-order valence-corrected chi connectivity index (χ2v) is 6.44. The number of nitrogens with one attached hydrogen (secondary N) is 1. The number of carboxylic acid groups (broad SMARTS) is 1. The molecule has 0 fully saturated rings. The van der Waals surface area contributed by atoms with Crippen LogP contribution in [0.25, 0.3) is 0 Å². The van der Waals surface area contributed by atoms with Gasteiger partial charge in [-0.1, -0.05) is 0 Å². The molecule has 0 aliphatic rings. The first-order chi connectivity index (χ1) is 9.25. The van der Waals surface area contributed by atoms with Crippen molar-refractivity contribution in [1.82, 2.24) is 0 Å². The maximum absolute atomic E-state index is 11.7. The summed E-state index contributed by atoms with van der Waals surface area (Å²) in [6, 6.07) is 4.01. The Morgan fingerprint density at radius 3 is 2.60 bits per heavy atom. The third kappa shape index (κ3) is 4.82. The van der Waals surface area contributed by atoms with Crippen molar-refractivity contribution >= 4 is 43.6 Å². The normalized spacial score (nSPS) is 10.9. The zero-order valence-corrected chi connectivity index (χ0v) is 12.8. The predicted octanol–water partition coefficient (Wildman–Crippen LogP) is 1.45. The molecule has 0 radical (unpaired) electrons. The van der Waals surface area contributed by atoms with Crippen LogP contribution in [0.5, 0.6) is 0 Å². The van der Waals surface area contributed by atoms with Gasteiger partial charge in [0.05, 0.1) is 24.8 Å². The third-order valence-corrected chi connectivity index (χ3v) is 4.25. The highest BCUT2D eigenvalue weighted by molar-refractivity contribution is 9.10. The Bertz CT molecular complexity index is 628. The standard InChI is InChI=1S/C11H12BrNO6S/c1-19-10(14)4-5-20(17,18)13-7-2-3-9(12)8(6-7)11(15)16/h2-3,6,13H,4-5H2,1H3,(H,15,16). The third-order valence-electron chi connectivity index (χ3n) is 2.27. The van der Waals surface area contributed by atoms with Gasteiger partial charge in [0.2, 0.25) is 10.0 Å². The van der Waals surface area contributed by atoms with E-state index < -0.39 is 27.7 Å². The monoisotopic (exact) mass is 365 g/mol. The van der Waals surface area contributed by atoms with Crippen LogP contribution in [0.15, 0.2) is 22.7 Å². The average Bonchev–Trinajstić information content (AvgIpc) is 2.37. The van der Waals surface area contributed by atoms with Crippen LogP contribution >= 0.6 is 15.9 Å². The first-order valence-electron chi connectivity index (χ1n) is 5.35. The molecule has 0 heterocycles. The lowest BCUT2D eigenvalue weighted by atomic mass is 10.2. The Balaban J connectivity index is 2.85. The molecule has 0 spiro atoms. The molecular weight excluding hydrogens is 354 g/mol. The van der Waals surface area contributed by atoms with Crippen LogP contribution in [0.3, 0.4) is 0 Å². The van der Waals surface area contributed by atoms with E-state index in [-0.39, 0.29) is 17.7 Å². The summed E-state index contributed by atoms with van der Waals surface area (Å²) in [5, 5.41) is 8.93. The fourth-order valence-corrected chi connectivity index (χ4v) is 2.74. The molecule has 1 aromatic rings. The second kappa shape index (κ2) is 6.71. The fourth-order valence-electron chi connectivity index (χ4n) is 1.30. The molecular formula is C11H12BrNO6S. The lowest BCUT2D eigenvalue weighted by molar-refractivity contribution is -0.140. The van der Waals surface area contributed by atoms with E-state index in [4.69, 9.17) is 5.11 Å². The van der Waals surface area contributed by atoms with E-state index in [1.165, 1.54) is 18.2 Å². The summed E-state index contributed by atoms with van der Waals surface area (Å²) in [5.74, 6) is -2.28. The molecule has 1 aromatic carbocycles. The SMILES string of the molecule is COC(=O)CCS(=O)(=O)Nc1ccc(Br)c(C(=O)O)c1. The van der Waals surface area contributed by atoms with Crippen LogP contribution in [0.1, 0.15) is 16.8 Å². The topological polar surface area (TPSA) is 110 Å². The molecule has 9 heteroatoms. The van der Waals surface area contributed by atoms with Gasteiger partial charge in [-0.05, 0) is 34.1 Å². The molecule has 0 unspecified atom stereocenters. The quantitative estimate of drug-likeness (QED) is 0.738. The second-order valence-electron chi connectivity index (χ2n) is 3.75. The van der Waals surface area contributed by atoms with Crippen LogP contribution in [-0.4, -0.2) is 38.3 Å². The average molecular weight is 366 g/mol. The fraction of sp³-hybridized carbons (Fsp3) is 0.273. The van der Waals surface area contributed by atoms with Gasteiger partial charge in [0.15, 0.2) is 0 Å². The Morgan fingerprint density at radius 1 is 1.40 bits per heavy atom. The maximum Gasteiger partial charge on any atom is 0.336 e. The molecule has 20 heavy (non-hydrogen) atoms. The molecule has 110 valence electrons. The van der Waals surface area contributed by atoms with Crippen LogP contribution < -0.4 is 4.72 Å². The smallest absolute Gasteiger partial charge is 0.336 e. The number of rotatable bonds is 6. The van der Waals surface area contributed by atoms with Gasteiger partial charge >= 0.3 is 11.9 Å². The zero-order valence-electron chi connectivity index (χ0n) is 10.4. The van der Waals surface area contributed by atoms with Crippen molar-refractivity contribution in [3.63, 3.8) is 0 Å². The number of ether oxygens (including phenoxy) is 1. The number of benzene rings is 1. The van der Waals surface area contributed by atoms with Gasteiger partial charge in [0.1, 0.15) is 0 Å². The highest BCUT2D eigenvalue weighted by Crippen LogP contribution is 2.22. The summed E-state index contributed by atoms with van der Waals surface area (Å²) in [6.45, 7) is 0. The lowest BCUT2D eigenvalue weighted by Gasteiger charge is -2.09. The molecule has 0 aliphatic carbocycles. The number of sulfonamides is 1. The number of carbonyl (C=O) groups is 2. The minimum Gasteiger partial charge on any atom is -0.478 e. The van der Waals surface area contributed by atoms with E-state index in [9.17, 15) is 18.0 Å². The summed E-state index contributed by atoms with van der Waals surface area (Å²) in [7, 11) is -2.59. The van der Waals surface area contributed by atoms with E-state index in [1.54, 1.807) is 0 Å². The van der Waals surface area contributed by atoms with Gasteiger partial charge in [0.25, 0.3) is 0 Å². The molecule has 7 nitrogen and oxygen atoms in total. The molecule has 0 aliphatic heterocycles. The Labute approximate surface area is 124 Å². The summed E-state index contributed by atoms with van der Waals surface area (Å²) in [4.78, 5) is 21.8. The van der Waals surface area contributed by atoms with Gasteiger partial charge in [-0.25, -0.2) is 13.2 Å². The number of hydrogen-bond acceptors (Lipinski definition) is 5. The van der Waals surface area contributed by atoms with Crippen molar-refractivity contribution in [3.05, 3.63) is 28.2 Å². The van der Waals surface area contributed by atoms with Crippen molar-refractivity contribution in [2.45, 2.75) is 6.42 Å².